The molecule has 2 amide bonds. The number of amides is 2. The number of β-amino-alcohol motifs (C(OH)–C–C–N with tert-alkyl or cyclic N) is 1. The van der Waals surface area contributed by atoms with Gasteiger partial charge in [-0.2, -0.15) is 0 Å². The number of nitrogens with one attached hydrogen (secondary N) is 1. The second-order valence-corrected chi connectivity index (χ2v) is 5.40. The van der Waals surface area contributed by atoms with Gasteiger partial charge in [0.1, 0.15) is 17.3 Å². The molecule has 6 heteroatoms. The van der Waals surface area contributed by atoms with Crippen LogP contribution in [0, 0.1) is 5.82 Å². The predicted octanol–water partition coefficient (Wildman–Crippen LogP) is 3.22. The molecule has 3 rings (SSSR count). The minimum Gasteiger partial charge on any atom is -0.457 e. The fraction of sp³-hybridized carbons (Fsp3) is 0.235. The summed E-state index contributed by atoms with van der Waals surface area (Å²) in [6.45, 7) is 0.903. The quantitative estimate of drug-likeness (QED) is 0.914. The molecule has 0 spiro atoms. The van der Waals surface area contributed by atoms with Crippen LogP contribution in [0.5, 0.6) is 11.5 Å². The van der Waals surface area contributed by atoms with Crippen LogP contribution in [0.4, 0.5) is 14.9 Å². The van der Waals surface area contributed by atoms with Crippen molar-refractivity contribution in [1.29, 1.82) is 0 Å². The van der Waals surface area contributed by atoms with Crippen molar-refractivity contribution in [1.82, 2.24) is 4.90 Å². The molecular formula is C17H17FN2O3. The summed E-state index contributed by atoms with van der Waals surface area (Å²) in [5.74, 6) is 0.595. The van der Waals surface area contributed by atoms with Gasteiger partial charge in [-0.1, -0.05) is 6.07 Å². The van der Waals surface area contributed by atoms with Gasteiger partial charge in [0, 0.05) is 24.8 Å². The fourth-order valence-corrected chi connectivity index (χ4v) is 2.40. The fourth-order valence-electron chi connectivity index (χ4n) is 2.40. The number of urea groups is 1. The highest BCUT2D eigenvalue weighted by Crippen LogP contribution is 2.23. The first kappa shape index (κ1) is 15.3. The number of benzene rings is 2. The number of carbonyl (C=O) groups is 1. The van der Waals surface area contributed by atoms with E-state index in [9.17, 15) is 14.3 Å². The van der Waals surface area contributed by atoms with E-state index in [1.54, 1.807) is 41.3 Å². The van der Waals surface area contributed by atoms with Crippen molar-refractivity contribution < 1.29 is 19.0 Å². The van der Waals surface area contributed by atoms with Gasteiger partial charge in [0.2, 0.25) is 0 Å². The van der Waals surface area contributed by atoms with Gasteiger partial charge in [-0.3, -0.25) is 0 Å². The number of likely N-dealkylation sites (tertiary alicyclic amines) is 1. The lowest BCUT2D eigenvalue weighted by atomic mass is 10.3. The van der Waals surface area contributed by atoms with Gasteiger partial charge in [0.25, 0.3) is 0 Å². The van der Waals surface area contributed by atoms with Gasteiger partial charge >= 0.3 is 6.03 Å². The summed E-state index contributed by atoms with van der Waals surface area (Å²) in [6, 6.07) is 12.5. The van der Waals surface area contributed by atoms with E-state index in [1.165, 1.54) is 12.1 Å². The molecule has 0 saturated carbocycles. The number of aliphatic hydroxyl groups excluding tert-OH is 1. The van der Waals surface area contributed by atoms with Crippen LogP contribution in [0.25, 0.3) is 0 Å². The Morgan fingerprint density at radius 1 is 1.22 bits per heavy atom. The number of nitrogens with zero attached hydrogens (tertiary/aromatic N) is 1. The normalized spacial score (nSPS) is 17.1. The standard InChI is InChI=1S/C17H17FN2O3/c18-12-2-1-3-16(10-12)23-15-6-4-13(5-7-15)19-17(22)20-9-8-14(21)11-20/h1-7,10,14,21H,8-9,11H2,(H,19,22)/t14-/m0/s1. The van der Waals surface area contributed by atoms with Crippen LogP contribution in [-0.4, -0.2) is 35.2 Å². The molecular weight excluding hydrogens is 299 g/mol. The number of rotatable bonds is 3. The van der Waals surface area contributed by atoms with E-state index >= 15 is 0 Å². The highest BCUT2D eigenvalue weighted by Gasteiger charge is 2.24. The van der Waals surface area contributed by atoms with Crippen molar-refractivity contribution in [2.45, 2.75) is 12.5 Å². The maximum absolute atomic E-state index is 13.1. The molecule has 1 atom stereocenters. The summed E-state index contributed by atoms with van der Waals surface area (Å²) >= 11 is 0. The smallest absolute Gasteiger partial charge is 0.321 e. The maximum atomic E-state index is 13.1. The average Bonchev–Trinajstić information content (AvgIpc) is 2.96. The SMILES string of the molecule is O=C(Nc1ccc(Oc2cccc(F)c2)cc1)N1CC[C@H](O)C1. The van der Waals surface area contributed by atoms with Crippen LogP contribution in [0.2, 0.25) is 0 Å². The Labute approximate surface area is 133 Å². The number of anilines is 1. The third-order valence-corrected chi connectivity index (χ3v) is 3.59. The lowest BCUT2D eigenvalue weighted by molar-refractivity contribution is 0.176. The van der Waals surface area contributed by atoms with Crippen LogP contribution in [0.15, 0.2) is 48.5 Å². The average molecular weight is 316 g/mol. The highest BCUT2D eigenvalue weighted by atomic mass is 19.1. The first-order valence-corrected chi connectivity index (χ1v) is 7.37. The summed E-state index contributed by atoms with van der Waals surface area (Å²) in [5, 5.41) is 12.2. The molecule has 0 unspecified atom stereocenters. The number of hydrogen-bond donors (Lipinski definition) is 2. The summed E-state index contributed by atoms with van der Waals surface area (Å²) in [5.41, 5.74) is 0.628. The van der Waals surface area contributed by atoms with E-state index in [0.29, 0.717) is 36.7 Å². The van der Waals surface area contributed by atoms with Crippen molar-refractivity contribution in [3.8, 4) is 11.5 Å². The molecule has 2 aromatic rings. The zero-order valence-electron chi connectivity index (χ0n) is 12.4. The lowest BCUT2D eigenvalue weighted by Gasteiger charge is -2.16. The molecule has 1 heterocycles. The Morgan fingerprint density at radius 2 is 2.00 bits per heavy atom. The third kappa shape index (κ3) is 3.98. The molecule has 1 aliphatic heterocycles. The number of ether oxygens (including phenoxy) is 1. The van der Waals surface area contributed by atoms with Crippen LogP contribution in [0.1, 0.15) is 6.42 Å². The minimum absolute atomic E-state index is 0.236. The molecule has 23 heavy (non-hydrogen) atoms. The van der Waals surface area contributed by atoms with Crippen molar-refractivity contribution in [2.24, 2.45) is 0 Å². The largest absolute Gasteiger partial charge is 0.457 e. The number of aliphatic hydroxyl groups is 1. The van der Waals surface area contributed by atoms with Gasteiger partial charge in [0.05, 0.1) is 6.10 Å². The number of hydrogen-bond acceptors (Lipinski definition) is 3. The molecule has 120 valence electrons. The summed E-state index contributed by atoms with van der Waals surface area (Å²) in [7, 11) is 0. The molecule has 0 radical (unpaired) electrons. The van der Waals surface area contributed by atoms with Gasteiger partial charge in [-0.05, 0) is 42.8 Å². The third-order valence-electron chi connectivity index (χ3n) is 3.59. The van der Waals surface area contributed by atoms with Gasteiger partial charge in [-0.25, -0.2) is 9.18 Å². The van der Waals surface area contributed by atoms with Crippen LogP contribution in [-0.2, 0) is 0 Å². The Bertz CT molecular complexity index is 690. The van der Waals surface area contributed by atoms with Crippen molar-refractivity contribution in [2.75, 3.05) is 18.4 Å². The summed E-state index contributed by atoms with van der Waals surface area (Å²) in [4.78, 5) is 13.6. The van der Waals surface area contributed by atoms with E-state index in [2.05, 4.69) is 5.32 Å². The van der Waals surface area contributed by atoms with Crippen LogP contribution < -0.4 is 10.1 Å². The van der Waals surface area contributed by atoms with E-state index in [4.69, 9.17) is 4.74 Å². The molecule has 1 fully saturated rings. The highest BCUT2D eigenvalue weighted by molar-refractivity contribution is 5.89. The predicted molar refractivity (Wildman–Crippen MR) is 84.1 cm³/mol. The molecule has 2 aromatic carbocycles. The van der Waals surface area contributed by atoms with Crippen molar-refractivity contribution in [3.63, 3.8) is 0 Å². The number of halogens is 1. The van der Waals surface area contributed by atoms with Crippen LogP contribution >= 0.6 is 0 Å². The molecule has 2 N–H and O–H groups in total. The van der Waals surface area contributed by atoms with E-state index in [-0.39, 0.29) is 11.8 Å². The second kappa shape index (κ2) is 6.66. The molecule has 0 aromatic heterocycles. The van der Waals surface area contributed by atoms with Gasteiger partial charge in [-0.15, -0.1) is 0 Å². The molecule has 1 aliphatic rings. The summed E-state index contributed by atoms with van der Waals surface area (Å²) in [6.07, 6.45) is 0.163. The van der Waals surface area contributed by atoms with E-state index < -0.39 is 6.10 Å². The Balaban J connectivity index is 1.59. The zero-order valence-corrected chi connectivity index (χ0v) is 12.4. The van der Waals surface area contributed by atoms with Gasteiger partial charge < -0.3 is 20.1 Å². The van der Waals surface area contributed by atoms with Gasteiger partial charge in [0.15, 0.2) is 0 Å². The van der Waals surface area contributed by atoms with E-state index in [1.807, 2.05) is 0 Å². The molecule has 5 nitrogen and oxygen atoms in total. The van der Waals surface area contributed by atoms with Crippen molar-refractivity contribution >= 4 is 11.7 Å². The van der Waals surface area contributed by atoms with Crippen LogP contribution in [0.3, 0.4) is 0 Å². The second-order valence-electron chi connectivity index (χ2n) is 5.40. The Kier molecular flexibility index (Phi) is 4.43. The first-order valence-electron chi connectivity index (χ1n) is 7.37. The van der Waals surface area contributed by atoms with Crippen molar-refractivity contribution in [3.05, 3.63) is 54.3 Å². The zero-order chi connectivity index (χ0) is 16.2. The molecule has 0 bridgehead atoms. The molecule has 0 aliphatic carbocycles. The Hall–Kier alpha value is -2.60. The lowest BCUT2D eigenvalue weighted by Crippen LogP contribution is -2.33. The van der Waals surface area contributed by atoms with E-state index in [0.717, 1.165) is 0 Å². The monoisotopic (exact) mass is 316 g/mol. The maximum Gasteiger partial charge on any atom is 0.321 e. The Morgan fingerprint density at radius 3 is 2.65 bits per heavy atom. The topological polar surface area (TPSA) is 61.8 Å². The minimum atomic E-state index is -0.442. The number of carbonyl (C=O) groups excluding carboxylic acids is 1. The summed E-state index contributed by atoms with van der Waals surface area (Å²) < 4.78 is 18.6. The first-order chi connectivity index (χ1) is 11.1. The molecule has 1 saturated heterocycles.